The van der Waals surface area contributed by atoms with Gasteiger partial charge in [-0.15, -0.1) is 0 Å². The lowest BCUT2D eigenvalue weighted by Gasteiger charge is -2.19. The number of hydrogen-bond acceptors (Lipinski definition) is 5. The van der Waals surface area contributed by atoms with Crippen LogP contribution in [0.25, 0.3) is 0 Å². The SMILES string of the molecule is COC(=O)c1ccccc1N(C)C(=O)CSc1cccc[n+]1[O-]. The lowest BCUT2D eigenvalue weighted by atomic mass is 10.1. The summed E-state index contributed by atoms with van der Waals surface area (Å²) in [7, 11) is 2.88. The van der Waals surface area contributed by atoms with Gasteiger partial charge in [0, 0.05) is 19.2 Å². The molecule has 0 saturated carbocycles. The van der Waals surface area contributed by atoms with E-state index < -0.39 is 5.97 Å². The van der Waals surface area contributed by atoms with Crippen LogP contribution in [-0.4, -0.2) is 31.8 Å². The Morgan fingerprint density at radius 1 is 1.22 bits per heavy atom. The van der Waals surface area contributed by atoms with Crippen LogP contribution in [0.15, 0.2) is 53.7 Å². The topological polar surface area (TPSA) is 73.5 Å². The molecule has 0 fully saturated rings. The van der Waals surface area contributed by atoms with E-state index in [0.717, 1.165) is 11.8 Å². The third-order valence-electron chi connectivity index (χ3n) is 3.18. The molecule has 23 heavy (non-hydrogen) atoms. The molecular weight excluding hydrogens is 316 g/mol. The predicted molar refractivity (Wildman–Crippen MR) is 87.3 cm³/mol. The number of amides is 1. The van der Waals surface area contributed by atoms with E-state index in [4.69, 9.17) is 4.74 Å². The molecule has 0 radical (unpaired) electrons. The van der Waals surface area contributed by atoms with Crippen molar-refractivity contribution >= 4 is 29.3 Å². The number of ether oxygens (including phenoxy) is 1. The van der Waals surface area contributed by atoms with Gasteiger partial charge < -0.3 is 14.8 Å². The van der Waals surface area contributed by atoms with Gasteiger partial charge in [0.1, 0.15) is 0 Å². The Kier molecular flexibility index (Phi) is 5.59. The van der Waals surface area contributed by atoms with Crippen LogP contribution in [0.2, 0.25) is 0 Å². The average Bonchev–Trinajstić information content (AvgIpc) is 2.59. The number of thioether (sulfide) groups is 1. The van der Waals surface area contributed by atoms with Crippen molar-refractivity contribution in [2.45, 2.75) is 5.03 Å². The van der Waals surface area contributed by atoms with Gasteiger partial charge in [0.15, 0.2) is 6.20 Å². The molecule has 1 heterocycles. The summed E-state index contributed by atoms with van der Waals surface area (Å²) < 4.78 is 5.43. The lowest BCUT2D eigenvalue weighted by Crippen LogP contribution is -2.32. The highest BCUT2D eigenvalue weighted by molar-refractivity contribution is 7.99. The summed E-state index contributed by atoms with van der Waals surface area (Å²) >= 11 is 1.14. The Balaban J connectivity index is 2.11. The van der Waals surface area contributed by atoms with Crippen LogP contribution in [0.4, 0.5) is 5.69 Å². The van der Waals surface area contributed by atoms with Gasteiger partial charge in [-0.25, -0.2) is 4.79 Å². The zero-order valence-corrected chi connectivity index (χ0v) is 13.6. The number of nitrogens with zero attached hydrogens (tertiary/aromatic N) is 2. The van der Waals surface area contributed by atoms with Crippen molar-refractivity contribution in [3.8, 4) is 0 Å². The first-order valence-electron chi connectivity index (χ1n) is 6.79. The van der Waals surface area contributed by atoms with Crippen LogP contribution < -0.4 is 9.63 Å². The largest absolute Gasteiger partial charge is 0.618 e. The molecule has 1 aromatic carbocycles. The number of para-hydroxylation sites is 1. The van der Waals surface area contributed by atoms with Crippen molar-refractivity contribution in [3.05, 3.63) is 59.4 Å². The molecule has 0 saturated heterocycles. The Morgan fingerprint density at radius 2 is 1.91 bits per heavy atom. The number of benzene rings is 1. The minimum absolute atomic E-state index is 0.0816. The molecule has 1 aromatic heterocycles. The monoisotopic (exact) mass is 332 g/mol. The van der Waals surface area contributed by atoms with E-state index in [2.05, 4.69) is 0 Å². The second-order valence-corrected chi connectivity index (χ2v) is 5.61. The zero-order valence-electron chi connectivity index (χ0n) is 12.8. The first-order valence-corrected chi connectivity index (χ1v) is 7.78. The Bertz CT molecular complexity index is 721. The number of anilines is 1. The number of methoxy groups -OCH3 is 1. The van der Waals surface area contributed by atoms with Crippen LogP contribution in [0.3, 0.4) is 0 Å². The van der Waals surface area contributed by atoms with E-state index in [1.807, 2.05) is 0 Å². The van der Waals surface area contributed by atoms with Gasteiger partial charge in [-0.2, -0.15) is 4.73 Å². The molecule has 0 aliphatic carbocycles. The standard InChI is InChI=1S/C16H16N2O4S/c1-17(13-8-4-3-7-12(13)16(20)22-2)14(19)11-23-15-9-5-6-10-18(15)21/h3-10H,11H2,1-2H3. The molecule has 0 spiro atoms. The van der Waals surface area contributed by atoms with Gasteiger partial charge in [-0.1, -0.05) is 12.1 Å². The van der Waals surface area contributed by atoms with Crippen molar-refractivity contribution in [1.82, 2.24) is 0 Å². The number of hydrogen-bond donors (Lipinski definition) is 0. The minimum atomic E-state index is -0.506. The van der Waals surface area contributed by atoms with Crippen LogP contribution in [-0.2, 0) is 9.53 Å². The van der Waals surface area contributed by atoms with Gasteiger partial charge in [0.2, 0.25) is 5.91 Å². The van der Waals surface area contributed by atoms with E-state index in [1.54, 1.807) is 49.5 Å². The van der Waals surface area contributed by atoms with Crippen molar-refractivity contribution in [2.75, 3.05) is 24.8 Å². The fraction of sp³-hybridized carbons (Fsp3) is 0.188. The highest BCUT2D eigenvalue weighted by atomic mass is 32.2. The molecule has 0 bridgehead atoms. The maximum absolute atomic E-state index is 12.3. The van der Waals surface area contributed by atoms with E-state index in [-0.39, 0.29) is 11.7 Å². The van der Waals surface area contributed by atoms with Crippen LogP contribution >= 0.6 is 11.8 Å². The summed E-state index contributed by atoms with van der Waals surface area (Å²) in [6.07, 6.45) is 1.38. The molecule has 0 unspecified atom stereocenters. The van der Waals surface area contributed by atoms with Gasteiger partial charge in [0.25, 0.3) is 5.03 Å². The molecule has 0 atom stereocenters. The van der Waals surface area contributed by atoms with Gasteiger partial charge in [0.05, 0.1) is 24.1 Å². The normalized spacial score (nSPS) is 10.2. The highest BCUT2D eigenvalue weighted by Crippen LogP contribution is 2.22. The van der Waals surface area contributed by atoms with Crippen LogP contribution in [0, 0.1) is 5.21 Å². The Labute approximate surface area is 138 Å². The van der Waals surface area contributed by atoms with E-state index in [9.17, 15) is 14.8 Å². The summed E-state index contributed by atoms with van der Waals surface area (Å²) in [5.41, 5.74) is 0.780. The molecule has 2 aromatic rings. The summed E-state index contributed by atoms with van der Waals surface area (Å²) in [5, 5.41) is 12.0. The number of pyridine rings is 1. The van der Waals surface area contributed by atoms with Crippen LogP contribution in [0.1, 0.15) is 10.4 Å². The Hall–Kier alpha value is -2.54. The van der Waals surface area contributed by atoms with Gasteiger partial charge >= 0.3 is 5.97 Å². The number of esters is 1. The summed E-state index contributed by atoms with van der Waals surface area (Å²) in [6, 6.07) is 11.7. The van der Waals surface area contributed by atoms with Crippen molar-refractivity contribution in [3.63, 3.8) is 0 Å². The average molecular weight is 332 g/mol. The number of rotatable bonds is 5. The molecule has 6 nitrogen and oxygen atoms in total. The predicted octanol–water partition coefficient (Wildman–Crippen LogP) is 1.86. The van der Waals surface area contributed by atoms with Crippen molar-refractivity contribution in [2.24, 2.45) is 0 Å². The maximum Gasteiger partial charge on any atom is 0.339 e. The molecule has 0 aliphatic heterocycles. The lowest BCUT2D eigenvalue weighted by molar-refractivity contribution is -0.645. The van der Waals surface area contributed by atoms with Gasteiger partial charge in [-0.05, 0) is 30.0 Å². The second kappa shape index (κ2) is 7.64. The van der Waals surface area contributed by atoms with Crippen molar-refractivity contribution in [1.29, 1.82) is 0 Å². The Morgan fingerprint density at radius 3 is 2.61 bits per heavy atom. The quantitative estimate of drug-likeness (QED) is 0.362. The molecule has 2 rings (SSSR count). The summed E-state index contributed by atoms with van der Waals surface area (Å²) in [5.74, 6) is -0.651. The van der Waals surface area contributed by atoms with Crippen LogP contribution in [0.5, 0.6) is 0 Å². The second-order valence-electron chi connectivity index (χ2n) is 4.61. The summed E-state index contributed by atoms with van der Waals surface area (Å²) in [6.45, 7) is 0. The van der Waals surface area contributed by atoms with E-state index in [0.29, 0.717) is 21.0 Å². The molecule has 0 N–H and O–H groups in total. The van der Waals surface area contributed by atoms with Crippen molar-refractivity contribution < 1.29 is 19.1 Å². The summed E-state index contributed by atoms with van der Waals surface area (Å²) in [4.78, 5) is 25.5. The first kappa shape index (κ1) is 16.8. The van der Waals surface area contributed by atoms with E-state index in [1.165, 1.54) is 18.2 Å². The fourth-order valence-electron chi connectivity index (χ4n) is 1.94. The molecular formula is C16H16N2O4S. The number of carbonyl (C=O) groups is 2. The van der Waals surface area contributed by atoms with E-state index >= 15 is 0 Å². The molecule has 0 aliphatic rings. The maximum atomic E-state index is 12.3. The minimum Gasteiger partial charge on any atom is -0.618 e. The first-order chi connectivity index (χ1) is 11.0. The molecule has 120 valence electrons. The molecule has 7 heteroatoms. The van der Waals surface area contributed by atoms with Gasteiger partial charge in [-0.3, -0.25) is 4.79 Å². The molecule has 1 amide bonds. The number of aromatic nitrogens is 1. The third-order valence-corrected chi connectivity index (χ3v) is 4.18. The third kappa shape index (κ3) is 4.01. The smallest absolute Gasteiger partial charge is 0.339 e. The fourth-order valence-corrected chi connectivity index (χ4v) is 2.77. The number of carbonyl (C=O) groups excluding carboxylic acids is 2. The highest BCUT2D eigenvalue weighted by Gasteiger charge is 2.19. The zero-order chi connectivity index (χ0) is 16.8.